The first kappa shape index (κ1) is 20.3. The monoisotopic (exact) mass is 425 g/mol. The summed E-state index contributed by atoms with van der Waals surface area (Å²) in [7, 11) is 1.89. The fourth-order valence-electron chi connectivity index (χ4n) is 3.65. The van der Waals surface area contributed by atoms with Crippen LogP contribution < -0.4 is 14.8 Å². The number of ether oxygens (including phenoxy) is 2. The Morgan fingerprint density at radius 1 is 1.30 bits per heavy atom. The van der Waals surface area contributed by atoms with E-state index in [1.54, 1.807) is 18.3 Å². The number of carbonyl (C=O) groups excluding carboxylic acids is 1. The van der Waals surface area contributed by atoms with Gasteiger partial charge in [0.2, 0.25) is 0 Å². The molecule has 2 aromatic carbocycles. The SMILES string of the molecule is Cn1ccnc1[C@@H](NC(=O)COc1cccc2c1OC(C)(C)C2)c1ccc(Cl)cc1. The van der Waals surface area contributed by atoms with Gasteiger partial charge in [-0.2, -0.15) is 0 Å². The fourth-order valence-corrected chi connectivity index (χ4v) is 3.78. The highest BCUT2D eigenvalue weighted by molar-refractivity contribution is 6.30. The lowest BCUT2D eigenvalue weighted by atomic mass is 10.0. The molecular formula is C23H24ClN3O3. The average Bonchev–Trinajstić information content (AvgIpc) is 3.26. The van der Waals surface area contributed by atoms with E-state index < -0.39 is 6.04 Å². The molecule has 156 valence electrons. The summed E-state index contributed by atoms with van der Waals surface area (Å²) in [6.07, 6.45) is 4.35. The van der Waals surface area contributed by atoms with E-state index in [1.807, 2.05) is 62.0 Å². The summed E-state index contributed by atoms with van der Waals surface area (Å²) in [4.78, 5) is 17.2. The molecule has 2 heterocycles. The van der Waals surface area contributed by atoms with Gasteiger partial charge in [0.25, 0.3) is 5.91 Å². The zero-order valence-corrected chi connectivity index (χ0v) is 17.9. The molecule has 0 fully saturated rings. The molecule has 0 bridgehead atoms. The number of hydrogen-bond acceptors (Lipinski definition) is 4. The van der Waals surface area contributed by atoms with E-state index >= 15 is 0 Å². The Morgan fingerprint density at radius 3 is 2.77 bits per heavy atom. The second kappa shape index (κ2) is 8.03. The maximum absolute atomic E-state index is 12.8. The standard InChI is InChI=1S/C23H24ClN3O3/c1-23(2)13-16-5-4-6-18(21(16)30-23)29-14-19(28)26-20(22-25-11-12-27(22)3)15-7-9-17(24)10-8-15/h4-12,20H,13-14H2,1-3H3,(H,26,28)/t20-/m0/s1. The minimum atomic E-state index is -0.421. The van der Waals surface area contributed by atoms with Gasteiger partial charge < -0.3 is 19.4 Å². The lowest BCUT2D eigenvalue weighted by Gasteiger charge is -2.20. The van der Waals surface area contributed by atoms with Crippen LogP contribution in [0.25, 0.3) is 0 Å². The van der Waals surface area contributed by atoms with E-state index in [0.29, 0.717) is 16.5 Å². The lowest BCUT2D eigenvalue weighted by molar-refractivity contribution is -0.123. The molecule has 0 radical (unpaired) electrons. The molecule has 1 amide bonds. The lowest BCUT2D eigenvalue weighted by Crippen LogP contribution is -2.34. The van der Waals surface area contributed by atoms with Crippen molar-refractivity contribution in [2.75, 3.05) is 6.61 Å². The third kappa shape index (κ3) is 4.28. The summed E-state index contributed by atoms with van der Waals surface area (Å²) in [6, 6.07) is 12.7. The summed E-state index contributed by atoms with van der Waals surface area (Å²) in [5, 5.41) is 3.65. The number of fused-ring (bicyclic) bond motifs is 1. The Hall–Kier alpha value is -2.99. The molecule has 6 nitrogen and oxygen atoms in total. The highest BCUT2D eigenvalue weighted by atomic mass is 35.5. The van der Waals surface area contributed by atoms with Crippen molar-refractivity contribution in [1.82, 2.24) is 14.9 Å². The Balaban J connectivity index is 1.49. The Labute approximate surface area is 180 Å². The van der Waals surface area contributed by atoms with Crippen LogP contribution in [0.1, 0.15) is 36.8 Å². The van der Waals surface area contributed by atoms with Crippen molar-refractivity contribution < 1.29 is 14.3 Å². The highest BCUT2D eigenvalue weighted by Crippen LogP contribution is 2.41. The Morgan fingerprint density at radius 2 is 2.07 bits per heavy atom. The Bertz CT molecular complexity index is 1060. The number of para-hydroxylation sites is 1. The van der Waals surface area contributed by atoms with E-state index in [0.717, 1.165) is 23.4 Å². The number of benzene rings is 2. The van der Waals surface area contributed by atoms with Crippen molar-refractivity contribution >= 4 is 17.5 Å². The van der Waals surface area contributed by atoms with E-state index in [-0.39, 0.29) is 18.1 Å². The van der Waals surface area contributed by atoms with E-state index in [9.17, 15) is 4.79 Å². The summed E-state index contributed by atoms with van der Waals surface area (Å²) in [5.41, 5.74) is 1.69. The van der Waals surface area contributed by atoms with Crippen LogP contribution in [-0.4, -0.2) is 27.7 Å². The largest absolute Gasteiger partial charge is 0.483 e. The van der Waals surface area contributed by atoms with Gasteiger partial charge in [-0.3, -0.25) is 4.79 Å². The van der Waals surface area contributed by atoms with Gasteiger partial charge in [0, 0.05) is 36.4 Å². The van der Waals surface area contributed by atoms with E-state index in [1.165, 1.54) is 0 Å². The van der Waals surface area contributed by atoms with Crippen LogP contribution in [-0.2, 0) is 18.3 Å². The minimum absolute atomic E-state index is 0.130. The van der Waals surface area contributed by atoms with Crippen LogP contribution >= 0.6 is 11.6 Å². The second-order valence-electron chi connectivity index (χ2n) is 8.02. The first-order valence-corrected chi connectivity index (χ1v) is 10.2. The smallest absolute Gasteiger partial charge is 0.258 e. The molecule has 4 rings (SSSR count). The molecular weight excluding hydrogens is 402 g/mol. The number of rotatable bonds is 6. The molecule has 0 saturated carbocycles. The van der Waals surface area contributed by atoms with Gasteiger partial charge in [0.15, 0.2) is 18.1 Å². The van der Waals surface area contributed by atoms with Gasteiger partial charge in [-0.05, 0) is 37.6 Å². The molecule has 0 saturated heterocycles. The zero-order chi connectivity index (χ0) is 21.3. The first-order chi connectivity index (χ1) is 14.3. The first-order valence-electron chi connectivity index (χ1n) is 9.78. The number of imidazole rings is 1. The third-order valence-corrected chi connectivity index (χ3v) is 5.29. The van der Waals surface area contributed by atoms with Crippen LogP contribution in [0.4, 0.5) is 0 Å². The molecule has 0 aliphatic carbocycles. The summed E-state index contributed by atoms with van der Waals surface area (Å²) < 4.78 is 13.7. The molecule has 1 aromatic heterocycles. The van der Waals surface area contributed by atoms with Crippen LogP contribution in [0.5, 0.6) is 11.5 Å². The molecule has 0 unspecified atom stereocenters. The van der Waals surface area contributed by atoms with Crippen LogP contribution in [0.15, 0.2) is 54.9 Å². The highest BCUT2D eigenvalue weighted by Gasteiger charge is 2.32. The number of aromatic nitrogens is 2. The maximum Gasteiger partial charge on any atom is 0.258 e. The predicted molar refractivity (Wildman–Crippen MR) is 115 cm³/mol. The van der Waals surface area contributed by atoms with Gasteiger partial charge in [0.1, 0.15) is 17.5 Å². The Kier molecular flexibility index (Phi) is 5.43. The third-order valence-electron chi connectivity index (χ3n) is 5.04. The van der Waals surface area contributed by atoms with Crippen molar-refractivity contribution in [1.29, 1.82) is 0 Å². The zero-order valence-electron chi connectivity index (χ0n) is 17.2. The molecule has 1 atom stereocenters. The van der Waals surface area contributed by atoms with Crippen LogP contribution in [0.3, 0.4) is 0 Å². The van der Waals surface area contributed by atoms with Crippen molar-refractivity contribution in [3.8, 4) is 11.5 Å². The van der Waals surface area contributed by atoms with Gasteiger partial charge in [-0.15, -0.1) is 0 Å². The molecule has 0 spiro atoms. The molecule has 7 heteroatoms. The maximum atomic E-state index is 12.8. The summed E-state index contributed by atoms with van der Waals surface area (Å²) in [6.45, 7) is 3.94. The minimum Gasteiger partial charge on any atom is -0.483 e. The number of hydrogen-bond donors (Lipinski definition) is 1. The van der Waals surface area contributed by atoms with Crippen LogP contribution in [0, 0.1) is 0 Å². The van der Waals surface area contributed by atoms with Crippen molar-refractivity contribution in [3.05, 3.63) is 76.8 Å². The van der Waals surface area contributed by atoms with Gasteiger partial charge in [0.05, 0.1) is 0 Å². The molecule has 1 aliphatic rings. The fraction of sp³-hybridized carbons (Fsp3) is 0.304. The number of carbonyl (C=O) groups is 1. The van der Waals surface area contributed by atoms with Crippen LogP contribution in [0.2, 0.25) is 5.02 Å². The van der Waals surface area contributed by atoms with Gasteiger partial charge in [-0.1, -0.05) is 35.9 Å². The molecule has 30 heavy (non-hydrogen) atoms. The van der Waals surface area contributed by atoms with Crippen molar-refractivity contribution in [2.45, 2.75) is 31.9 Å². The molecule has 1 aliphatic heterocycles. The molecule has 1 N–H and O–H groups in total. The van der Waals surface area contributed by atoms with Gasteiger partial charge >= 0.3 is 0 Å². The second-order valence-corrected chi connectivity index (χ2v) is 8.46. The predicted octanol–water partition coefficient (Wildman–Crippen LogP) is 4.07. The number of nitrogens with zero attached hydrogens (tertiary/aromatic N) is 2. The topological polar surface area (TPSA) is 65.4 Å². The van der Waals surface area contributed by atoms with Gasteiger partial charge in [-0.25, -0.2) is 4.98 Å². The quantitative estimate of drug-likeness (QED) is 0.646. The number of aryl methyl sites for hydroxylation is 1. The summed E-state index contributed by atoms with van der Waals surface area (Å²) in [5.74, 6) is 1.76. The summed E-state index contributed by atoms with van der Waals surface area (Å²) >= 11 is 6.02. The molecule has 3 aromatic rings. The number of amides is 1. The van der Waals surface area contributed by atoms with Crippen molar-refractivity contribution in [3.63, 3.8) is 0 Å². The van der Waals surface area contributed by atoms with E-state index in [4.69, 9.17) is 21.1 Å². The number of halogens is 1. The average molecular weight is 426 g/mol. The van der Waals surface area contributed by atoms with Crippen molar-refractivity contribution in [2.24, 2.45) is 7.05 Å². The van der Waals surface area contributed by atoms with E-state index in [2.05, 4.69) is 10.3 Å². The normalized spacial score (nSPS) is 15.2. The number of nitrogens with one attached hydrogen (secondary N) is 1.